The Labute approximate surface area is 94.6 Å². The van der Waals surface area contributed by atoms with Crippen molar-refractivity contribution < 1.29 is 4.79 Å². The second kappa shape index (κ2) is 5.66. The van der Waals surface area contributed by atoms with E-state index in [4.69, 9.17) is 5.26 Å². The Bertz CT molecular complexity index is 440. The molecular formula is C12H13N3O. The smallest absolute Gasteiger partial charge is 0.254 e. The minimum atomic E-state index is -0.394. The van der Waals surface area contributed by atoms with Crippen molar-refractivity contribution in [3.05, 3.63) is 35.4 Å². The number of rotatable bonds is 3. The van der Waals surface area contributed by atoms with Crippen LogP contribution in [0.5, 0.6) is 0 Å². The highest BCUT2D eigenvalue weighted by Crippen LogP contribution is 2.04. The molecule has 0 aromatic heterocycles. The number of carbonyl (C=O) groups excluding carboxylic acids is 1. The van der Waals surface area contributed by atoms with Crippen LogP contribution in [0.25, 0.3) is 0 Å². The van der Waals surface area contributed by atoms with Gasteiger partial charge in [-0.05, 0) is 19.4 Å². The van der Waals surface area contributed by atoms with Gasteiger partial charge in [-0.2, -0.15) is 10.4 Å². The third-order valence-corrected chi connectivity index (χ3v) is 2.06. The van der Waals surface area contributed by atoms with Gasteiger partial charge < -0.3 is 0 Å². The zero-order valence-electron chi connectivity index (χ0n) is 9.32. The van der Waals surface area contributed by atoms with Crippen molar-refractivity contribution in [1.29, 1.82) is 5.26 Å². The fourth-order valence-corrected chi connectivity index (χ4v) is 1.12. The van der Waals surface area contributed by atoms with Crippen LogP contribution in [-0.4, -0.2) is 11.6 Å². The number of hydrogen-bond acceptors (Lipinski definition) is 3. The van der Waals surface area contributed by atoms with Crippen LogP contribution in [0.2, 0.25) is 0 Å². The molecule has 0 fully saturated rings. The van der Waals surface area contributed by atoms with E-state index in [-0.39, 0.29) is 6.42 Å². The third kappa shape index (κ3) is 3.54. The van der Waals surface area contributed by atoms with E-state index >= 15 is 0 Å². The summed E-state index contributed by atoms with van der Waals surface area (Å²) in [6, 6.07) is 9.58. The maximum atomic E-state index is 11.0. The normalized spacial score (nSPS) is 10.7. The summed E-state index contributed by atoms with van der Waals surface area (Å²) in [5.74, 6) is -0.394. The van der Waals surface area contributed by atoms with Gasteiger partial charge in [-0.1, -0.05) is 29.8 Å². The fraction of sp³-hybridized carbons (Fsp3) is 0.250. The molecule has 0 unspecified atom stereocenters. The number of hydrogen-bond donors (Lipinski definition) is 1. The van der Waals surface area contributed by atoms with E-state index in [2.05, 4.69) is 10.5 Å². The lowest BCUT2D eigenvalue weighted by Crippen LogP contribution is -2.18. The minimum Gasteiger partial charge on any atom is -0.272 e. The van der Waals surface area contributed by atoms with Crippen LogP contribution in [0.3, 0.4) is 0 Å². The highest BCUT2D eigenvalue weighted by molar-refractivity contribution is 5.99. The van der Waals surface area contributed by atoms with Crippen molar-refractivity contribution in [2.45, 2.75) is 20.3 Å². The number of carbonyl (C=O) groups is 1. The Morgan fingerprint density at radius 2 is 2.06 bits per heavy atom. The first-order chi connectivity index (χ1) is 7.63. The van der Waals surface area contributed by atoms with Crippen LogP contribution >= 0.6 is 0 Å². The van der Waals surface area contributed by atoms with E-state index in [1.165, 1.54) is 5.56 Å². The van der Waals surface area contributed by atoms with Gasteiger partial charge >= 0.3 is 0 Å². The SMILES string of the molecule is C/C(=N\NC(=O)CC#N)c1ccc(C)cc1. The zero-order chi connectivity index (χ0) is 12.0. The van der Waals surface area contributed by atoms with Crippen LogP contribution in [0.1, 0.15) is 24.5 Å². The van der Waals surface area contributed by atoms with Crippen LogP contribution in [0.4, 0.5) is 0 Å². The van der Waals surface area contributed by atoms with Crippen molar-refractivity contribution in [3.8, 4) is 6.07 Å². The molecule has 4 nitrogen and oxygen atoms in total. The fourth-order valence-electron chi connectivity index (χ4n) is 1.12. The molecule has 1 aromatic rings. The highest BCUT2D eigenvalue weighted by atomic mass is 16.2. The lowest BCUT2D eigenvalue weighted by Gasteiger charge is -2.01. The highest BCUT2D eigenvalue weighted by Gasteiger charge is 1.99. The number of amides is 1. The van der Waals surface area contributed by atoms with Gasteiger partial charge in [0.25, 0.3) is 5.91 Å². The van der Waals surface area contributed by atoms with Crippen molar-refractivity contribution in [2.75, 3.05) is 0 Å². The lowest BCUT2D eigenvalue weighted by molar-refractivity contribution is -0.120. The van der Waals surface area contributed by atoms with E-state index in [0.717, 1.165) is 5.56 Å². The molecule has 1 aromatic carbocycles. The monoisotopic (exact) mass is 215 g/mol. The van der Waals surface area contributed by atoms with Crippen molar-refractivity contribution in [1.82, 2.24) is 5.43 Å². The molecular weight excluding hydrogens is 202 g/mol. The Morgan fingerprint density at radius 3 is 2.62 bits per heavy atom. The van der Waals surface area contributed by atoms with Gasteiger partial charge in [-0.15, -0.1) is 0 Å². The summed E-state index contributed by atoms with van der Waals surface area (Å²) in [5.41, 5.74) is 5.16. The molecule has 0 atom stereocenters. The molecule has 0 spiro atoms. The quantitative estimate of drug-likeness (QED) is 0.616. The summed E-state index contributed by atoms with van der Waals surface area (Å²) in [5, 5.41) is 12.2. The third-order valence-electron chi connectivity index (χ3n) is 2.06. The maximum Gasteiger partial charge on any atom is 0.254 e. The zero-order valence-corrected chi connectivity index (χ0v) is 9.32. The van der Waals surface area contributed by atoms with Crippen molar-refractivity contribution in [3.63, 3.8) is 0 Å². The molecule has 1 N–H and O–H groups in total. The van der Waals surface area contributed by atoms with Gasteiger partial charge in [-0.25, -0.2) is 5.43 Å². The molecule has 4 heteroatoms. The Balaban J connectivity index is 2.67. The first kappa shape index (κ1) is 11.9. The minimum absolute atomic E-state index is 0.176. The van der Waals surface area contributed by atoms with Crippen LogP contribution in [0.15, 0.2) is 29.4 Å². The first-order valence-corrected chi connectivity index (χ1v) is 4.90. The maximum absolute atomic E-state index is 11.0. The van der Waals surface area contributed by atoms with Gasteiger partial charge in [0, 0.05) is 0 Å². The summed E-state index contributed by atoms with van der Waals surface area (Å²) in [4.78, 5) is 11.0. The summed E-state index contributed by atoms with van der Waals surface area (Å²) in [7, 11) is 0. The molecule has 0 bridgehead atoms. The standard InChI is InChI=1S/C12H13N3O/c1-9-3-5-11(6-4-9)10(2)14-15-12(16)7-8-13/h3-6H,7H2,1-2H3,(H,15,16)/b14-10+. The Morgan fingerprint density at radius 1 is 1.44 bits per heavy atom. The molecule has 0 aliphatic heterocycles. The summed E-state index contributed by atoms with van der Waals surface area (Å²) in [6.07, 6.45) is -0.176. The predicted molar refractivity (Wildman–Crippen MR) is 61.8 cm³/mol. The Kier molecular flexibility index (Phi) is 4.22. The van der Waals surface area contributed by atoms with Crippen molar-refractivity contribution >= 4 is 11.6 Å². The van der Waals surface area contributed by atoms with Crippen molar-refractivity contribution in [2.24, 2.45) is 5.10 Å². The van der Waals surface area contributed by atoms with E-state index in [0.29, 0.717) is 5.71 Å². The molecule has 16 heavy (non-hydrogen) atoms. The molecule has 0 radical (unpaired) electrons. The van der Waals surface area contributed by atoms with E-state index in [1.807, 2.05) is 31.2 Å². The summed E-state index contributed by atoms with van der Waals surface area (Å²) in [6.45, 7) is 3.81. The van der Waals surface area contributed by atoms with Crippen LogP contribution in [0, 0.1) is 18.3 Å². The second-order valence-electron chi connectivity index (χ2n) is 3.43. The van der Waals surface area contributed by atoms with Gasteiger partial charge in [0.05, 0.1) is 11.8 Å². The topological polar surface area (TPSA) is 65.2 Å². The van der Waals surface area contributed by atoms with Crippen LogP contribution in [-0.2, 0) is 4.79 Å². The summed E-state index contributed by atoms with van der Waals surface area (Å²) >= 11 is 0. The average Bonchev–Trinajstić information content (AvgIpc) is 2.27. The average molecular weight is 215 g/mol. The molecule has 0 aliphatic carbocycles. The molecule has 0 saturated heterocycles. The molecule has 0 aliphatic rings. The predicted octanol–water partition coefficient (Wildman–Crippen LogP) is 1.75. The number of benzene rings is 1. The summed E-state index contributed by atoms with van der Waals surface area (Å²) < 4.78 is 0. The number of hydrazone groups is 1. The van der Waals surface area contributed by atoms with Gasteiger partial charge in [0.2, 0.25) is 0 Å². The number of nitrogens with one attached hydrogen (secondary N) is 1. The molecule has 1 rings (SSSR count). The molecule has 82 valence electrons. The molecule has 0 heterocycles. The number of aryl methyl sites for hydroxylation is 1. The first-order valence-electron chi connectivity index (χ1n) is 4.90. The Hall–Kier alpha value is -2.15. The van der Waals surface area contributed by atoms with E-state index in [9.17, 15) is 4.79 Å². The van der Waals surface area contributed by atoms with Gasteiger partial charge in [0.15, 0.2) is 0 Å². The molecule has 1 amide bonds. The number of nitrogens with zero attached hydrogens (tertiary/aromatic N) is 2. The van der Waals surface area contributed by atoms with Gasteiger partial charge in [0.1, 0.15) is 6.42 Å². The lowest BCUT2D eigenvalue weighted by atomic mass is 10.1. The van der Waals surface area contributed by atoms with Crippen LogP contribution < -0.4 is 5.43 Å². The molecule has 0 saturated carbocycles. The van der Waals surface area contributed by atoms with E-state index in [1.54, 1.807) is 13.0 Å². The van der Waals surface area contributed by atoms with Gasteiger partial charge in [-0.3, -0.25) is 4.79 Å². The number of nitriles is 1. The van der Waals surface area contributed by atoms with E-state index < -0.39 is 5.91 Å². The second-order valence-corrected chi connectivity index (χ2v) is 3.43. The largest absolute Gasteiger partial charge is 0.272 e.